The topological polar surface area (TPSA) is 67.5 Å². The van der Waals surface area contributed by atoms with Crippen molar-refractivity contribution in [2.75, 3.05) is 7.05 Å². The monoisotopic (exact) mass is 239 g/mol. The number of nitrogens with two attached hydrogens (primary N) is 1. The molecule has 1 heterocycles. The van der Waals surface area contributed by atoms with E-state index in [1.165, 1.54) is 11.8 Å². The lowest BCUT2D eigenvalue weighted by molar-refractivity contribution is -0.113. The Hall–Kier alpha value is -1.23. The van der Waals surface area contributed by atoms with E-state index in [4.69, 9.17) is 5.73 Å². The van der Waals surface area contributed by atoms with Crippen LogP contribution >= 0.6 is 11.8 Å². The first-order valence-corrected chi connectivity index (χ1v) is 5.87. The van der Waals surface area contributed by atoms with E-state index in [0.717, 1.165) is 0 Å². The van der Waals surface area contributed by atoms with E-state index in [1.54, 1.807) is 19.5 Å². The molecule has 1 aliphatic heterocycles. The van der Waals surface area contributed by atoms with Crippen molar-refractivity contribution in [3.05, 3.63) is 23.3 Å². The van der Waals surface area contributed by atoms with Crippen LogP contribution in [0.15, 0.2) is 28.2 Å². The van der Waals surface area contributed by atoms with Crippen LogP contribution < -0.4 is 11.1 Å². The van der Waals surface area contributed by atoms with E-state index in [2.05, 4.69) is 17.2 Å². The summed E-state index contributed by atoms with van der Waals surface area (Å²) in [6.45, 7) is 4.12. The van der Waals surface area contributed by atoms with Crippen LogP contribution in [0.3, 0.4) is 0 Å². The SMILES string of the molecule is CN=C/C=C\C(C)C1(C)NC=C(C(N)=O)S1. The van der Waals surface area contributed by atoms with Gasteiger partial charge < -0.3 is 11.1 Å². The highest BCUT2D eigenvalue weighted by atomic mass is 32.2. The third-order valence-corrected chi connectivity index (χ3v) is 4.01. The molecule has 0 aromatic heterocycles. The number of nitrogens with one attached hydrogen (secondary N) is 1. The molecule has 4 nitrogen and oxygen atoms in total. The van der Waals surface area contributed by atoms with Gasteiger partial charge in [0.25, 0.3) is 5.91 Å². The Morgan fingerprint density at radius 3 is 2.94 bits per heavy atom. The number of carbonyl (C=O) groups is 1. The van der Waals surface area contributed by atoms with Crippen molar-refractivity contribution in [3.8, 4) is 0 Å². The van der Waals surface area contributed by atoms with Gasteiger partial charge in [0.2, 0.25) is 0 Å². The van der Waals surface area contributed by atoms with E-state index in [9.17, 15) is 4.79 Å². The van der Waals surface area contributed by atoms with Crippen LogP contribution in [0.5, 0.6) is 0 Å². The Bertz CT molecular complexity index is 362. The van der Waals surface area contributed by atoms with Crippen molar-refractivity contribution in [1.29, 1.82) is 0 Å². The van der Waals surface area contributed by atoms with Crippen LogP contribution in [-0.2, 0) is 4.79 Å². The minimum absolute atomic E-state index is 0.220. The highest BCUT2D eigenvalue weighted by Gasteiger charge is 2.36. The second kappa shape index (κ2) is 5.21. The molecule has 0 radical (unpaired) electrons. The molecule has 0 saturated heterocycles. The van der Waals surface area contributed by atoms with Crippen molar-refractivity contribution in [1.82, 2.24) is 5.32 Å². The fourth-order valence-corrected chi connectivity index (χ4v) is 2.39. The van der Waals surface area contributed by atoms with Crippen molar-refractivity contribution >= 4 is 23.9 Å². The smallest absolute Gasteiger partial charge is 0.256 e. The van der Waals surface area contributed by atoms with Crippen molar-refractivity contribution in [2.45, 2.75) is 18.7 Å². The van der Waals surface area contributed by atoms with Gasteiger partial charge in [-0.3, -0.25) is 9.79 Å². The number of amides is 1. The summed E-state index contributed by atoms with van der Waals surface area (Å²) in [6, 6.07) is 0. The lowest BCUT2D eigenvalue weighted by Gasteiger charge is -2.29. The second-order valence-corrected chi connectivity index (χ2v) is 5.30. The molecular weight excluding hydrogens is 222 g/mol. The van der Waals surface area contributed by atoms with Gasteiger partial charge in [0.05, 0.1) is 9.78 Å². The summed E-state index contributed by atoms with van der Waals surface area (Å²) in [4.78, 5) is 15.3. The van der Waals surface area contributed by atoms with Crippen LogP contribution in [0.1, 0.15) is 13.8 Å². The number of nitrogens with zero attached hydrogens (tertiary/aromatic N) is 1. The van der Waals surface area contributed by atoms with Crippen LogP contribution in [0, 0.1) is 5.92 Å². The quantitative estimate of drug-likeness (QED) is 0.726. The first kappa shape index (κ1) is 12.8. The zero-order valence-electron chi connectivity index (χ0n) is 9.73. The van der Waals surface area contributed by atoms with E-state index in [-0.39, 0.29) is 16.7 Å². The van der Waals surface area contributed by atoms with Gasteiger partial charge in [0.1, 0.15) is 0 Å². The Morgan fingerprint density at radius 2 is 2.44 bits per heavy atom. The molecule has 0 bridgehead atoms. The molecule has 16 heavy (non-hydrogen) atoms. The molecule has 2 atom stereocenters. The number of hydrogen-bond donors (Lipinski definition) is 2. The van der Waals surface area contributed by atoms with Gasteiger partial charge >= 0.3 is 0 Å². The van der Waals surface area contributed by atoms with Gasteiger partial charge in [-0.15, -0.1) is 0 Å². The number of rotatable bonds is 4. The molecule has 0 aliphatic carbocycles. The lowest BCUT2D eigenvalue weighted by Crippen LogP contribution is -2.38. The second-order valence-electron chi connectivity index (χ2n) is 3.81. The standard InChI is InChI=1S/C11H17N3OS/c1-8(5-4-6-13-3)11(2)14-7-9(16-11)10(12)15/h4-8,14H,1-3H3,(H2,12,15)/b5-4-,13-6?. The number of carbonyl (C=O) groups excluding carboxylic acids is 1. The summed E-state index contributed by atoms with van der Waals surface area (Å²) in [5.74, 6) is -0.129. The summed E-state index contributed by atoms with van der Waals surface area (Å²) in [5, 5.41) is 3.20. The molecule has 5 heteroatoms. The van der Waals surface area contributed by atoms with Crippen molar-refractivity contribution < 1.29 is 4.79 Å². The Morgan fingerprint density at radius 1 is 1.75 bits per heavy atom. The normalized spacial score (nSPS) is 27.1. The first-order chi connectivity index (χ1) is 7.49. The molecule has 0 aromatic rings. The van der Waals surface area contributed by atoms with Gasteiger partial charge in [0.15, 0.2) is 0 Å². The number of allylic oxidation sites excluding steroid dienone is 1. The molecule has 88 valence electrons. The Balaban J connectivity index is 2.65. The molecule has 1 amide bonds. The zero-order valence-corrected chi connectivity index (χ0v) is 10.5. The predicted octanol–water partition coefficient (Wildman–Crippen LogP) is 1.26. The highest BCUT2D eigenvalue weighted by molar-refractivity contribution is 8.05. The zero-order chi connectivity index (χ0) is 12.2. The Labute approximate surface area is 100 Å². The van der Waals surface area contributed by atoms with Gasteiger partial charge in [0, 0.05) is 25.4 Å². The number of primary amides is 1. The molecule has 3 N–H and O–H groups in total. The van der Waals surface area contributed by atoms with Gasteiger partial charge in [-0.2, -0.15) is 0 Å². The van der Waals surface area contributed by atoms with Crippen molar-refractivity contribution in [3.63, 3.8) is 0 Å². The fourth-order valence-electron chi connectivity index (χ4n) is 1.33. The van der Waals surface area contributed by atoms with Crippen LogP contribution in [0.25, 0.3) is 0 Å². The minimum atomic E-state index is -0.382. The average Bonchev–Trinajstić information content (AvgIpc) is 2.63. The molecule has 0 spiro atoms. The van der Waals surface area contributed by atoms with Crippen LogP contribution in [0.2, 0.25) is 0 Å². The maximum atomic E-state index is 11.0. The predicted molar refractivity (Wildman–Crippen MR) is 69.1 cm³/mol. The van der Waals surface area contributed by atoms with Gasteiger partial charge in [-0.25, -0.2) is 0 Å². The molecule has 1 rings (SSSR count). The number of thioether (sulfide) groups is 1. The van der Waals surface area contributed by atoms with E-state index in [1.807, 2.05) is 19.1 Å². The fraction of sp³-hybridized carbons (Fsp3) is 0.455. The molecule has 0 fully saturated rings. The maximum absolute atomic E-state index is 11.0. The maximum Gasteiger partial charge on any atom is 0.256 e. The lowest BCUT2D eigenvalue weighted by atomic mass is 10.0. The number of hydrogen-bond acceptors (Lipinski definition) is 4. The molecule has 2 unspecified atom stereocenters. The molecular formula is C11H17N3OS. The van der Waals surface area contributed by atoms with Crippen LogP contribution in [0.4, 0.5) is 0 Å². The summed E-state index contributed by atoms with van der Waals surface area (Å²) in [6.07, 6.45) is 7.37. The van der Waals surface area contributed by atoms with Gasteiger partial charge in [-0.1, -0.05) is 24.8 Å². The van der Waals surface area contributed by atoms with E-state index < -0.39 is 0 Å². The molecule has 0 saturated carbocycles. The van der Waals surface area contributed by atoms with E-state index >= 15 is 0 Å². The number of aliphatic imine (C=N–C) groups is 1. The third-order valence-electron chi connectivity index (χ3n) is 2.56. The third kappa shape index (κ3) is 2.88. The molecule has 0 aromatic carbocycles. The molecule has 1 aliphatic rings. The first-order valence-electron chi connectivity index (χ1n) is 5.05. The highest BCUT2D eigenvalue weighted by Crippen LogP contribution is 2.40. The van der Waals surface area contributed by atoms with Crippen molar-refractivity contribution in [2.24, 2.45) is 16.6 Å². The Kier molecular flexibility index (Phi) is 4.18. The van der Waals surface area contributed by atoms with Crippen LogP contribution in [-0.4, -0.2) is 24.0 Å². The summed E-state index contributed by atoms with van der Waals surface area (Å²) in [5.41, 5.74) is 5.23. The average molecular weight is 239 g/mol. The van der Waals surface area contributed by atoms with E-state index in [0.29, 0.717) is 4.91 Å². The summed E-state index contributed by atoms with van der Waals surface area (Å²) in [7, 11) is 1.73. The van der Waals surface area contributed by atoms with Gasteiger partial charge in [-0.05, 0) is 13.0 Å². The minimum Gasteiger partial charge on any atom is -0.375 e. The summed E-state index contributed by atoms with van der Waals surface area (Å²) < 4.78 is 0. The largest absolute Gasteiger partial charge is 0.375 e. The summed E-state index contributed by atoms with van der Waals surface area (Å²) >= 11 is 1.47.